The first-order valence-electron chi connectivity index (χ1n) is 6.21. The molecule has 3 N–H and O–H groups in total. The van der Waals surface area contributed by atoms with Gasteiger partial charge >= 0.3 is 0 Å². The normalized spacial score (nSPS) is 11.9. The number of amidine groups is 1. The van der Waals surface area contributed by atoms with Crippen LogP contribution in [0.5, 0.6) is 5.75 Å². The zero-order chi connectivity index (χ0) is 15.4. The molecule has 0 radical (unpaired) electrons. The number of hydrogen-bond donors (Lipinski definition) is 2. The van der Waals surface area contributed by atoms with Crippen molar-refractivity contribution in [3.8, 4) is 11.8 Å². The van der Waals surface area contributed by atoms with Crippen LogP contribution < -0.4 is 11.3 Å². The average molecular weight is 283 g/mol. The molecule has 0 unspecified atom stereocenters. The molecule has 0 aliphatic heterocycles. The van der Waals surface area contributed by atoms with E-state index in [2.05, 4.69) is 10.2 Å². The van der Waals surface area contributed by atoms with Crippen LogP contribution in [0.4, 0.5) is 0 Å². The predicted octanol–water partition coefficient (Wildman–Crippen LogP) is 0.942. The van der Waals surface area contributed by atoms with Crippen molar-refractivity contribution >= 4 is 23.0 Å². The Morgan fingerprint density at radius 2 is 2.24 bits per heavy atom. The molecule has 7 heteroatoms. The number of aromatic nitrogens is 1. The smallest absolute Gasteiger partial charge is 0.263 e. The van der Waals surface area contributed by atoms with E-state index in [-0.39, 0.29) is 22.7 Å². The SMILES string of the molecule is CCn1c(=O)c(/C=N/N=C(N)C#N)c(O)c2ccccc21. The second-order valence-electron chi connectivity index (χ2n) is 4.17. The van der Waals surface area contributed by atoms with Gasteiger partial charge in [-0.1, -0.05) is 12.1 Å². The van der Waals surface area contributed by atoms with E-state index in [1.165, 1.54) is 4.57 Å². The number of aromatic hydroxyl groups is 1. The maximum absolute atomic E-state index is 12.3. The molecule has 2 aromatic rings. The Labute approximate surface area is 120 Å². The topological polar surface area (TPSA) is 117 Å². The summed E-state index contributed by atoms with van der Waals surface area (Å²) in [5.41, 5.74) is 5.45. The van der Waals surface area contributed by atoms with Gasteiger partial charge in [0.1, 0.15) is 17.4 Å². The van der Waals surface area contributed by atoms with Gasteiger partial charge in [-0.15, -0.1) is 5.10 Å². The number of nitrogens with two attached hydrogens (primary N) is 1. The fourth-order valence-electron chi connectivity index (χ4n) is 2.01. The van der Waals surface area contributed by atoms with E-state index >= 15 is 0 Å². The van der Waals surface area contributed by atoms with Crippen molar-refractivity contribution < 1.29 is 5.11 Å². The molecule has 0 aliphatic rings. The molecule has 0 fully saturated rings. The van der Waals surface area contributed by atoms with Crippen LogP contribution in [0.15, 0.2) is 39.3 Å². The molecule has 0 spiro atoms. The first-order chi connectivity index (χ1) is 10.1. The summed E-state index contributed by atoms with van der Waals surface area (Å²) >= 11 is 0. The minimum atomic E-state index is -0.386. The molecule has 0 atom stereocenters. The number of benzene rings is 1. The summed E-state index contributed by atoms with van der Waals surface area (Å²) < 4.78 is 1.52. The van der Waals surface area contributed by atoms with Gasteiger partial charge in [0.15, 0.2) is 0 Å². The molecule has 21 heavy (non-hydrogen) atoms. The van der Waals surface area contributed by atoms with Crippen LogP contribution in [0.2, 0.25) is 0 Å². The molecule has 1 aromatic carbocycles. The van der Waals surface area contributed by atoms with Gasteiger partial charge in [-0.3, -0.25) is 4.79 Å². The number of pyridine rings is 1. The van der Waals surface area contributed by atoms with E-state index in [9.17, 15) is 9.90 Å². The van der Waals surface area contributed by atoms with Crippen LogP contribution in [-0.4, -0.2) is 21.7 Å². The van der Waals surface area contributed by atoms with Crippen LogP contribution in [0, 0.1) is 11.3 Å². The molecule has 106 valence electrons. The van der Waals surface area contributed by atoms with Gasteiger partial charge in [0.25, 0.3) is 5.56 Å². The highest BCUT2D eigenvalue weighted by molar-refractivity contribution is 5.97. The Kier molecular flexibility index (Phi) is 4.00. The highest BCUT2D eigenvalue weighted by Crippen LogP contribution is 2.25. The fraction of sp³-hybridized carbons (Fsp3) is 0.143. The van der Waals surface area contributed by atoms with Crippen LogP contribution in [-0.2, 0) is 6.54 Å². The number of para-hydroxylation sites is 1. The highest BCUT2D eigenvalue weighted by Gasteiger charge is 2.13. The van der Waals surface area contributed by atoms with E-state index < -0.39 is 0 Å². The van der Waals surface area contributed by atoms with Gasteiger partial charge in [-0.05, 0) is 19.1 Å². The van der Waals surface area contributed by atoms with Gasteiger partial charge in [0, 0.05) is 11.9 Å². The summed E-state index contributed by atoms with van der Waals surface area (Å²) in [6.07, 6.45) is 1.10. The second-order valence-corrected chi connectivity index (χ2v) is 4.17. The molecule has 0 saturated carbocycles. The van der Waals surface area contributed by atoms with Crippen molar-refractivity contribution in [1.29, 1.82) is 5.26 Å². The van der Waals surface area contributed by atoms with Gasteiger partial charge in [0.2, 0.25) is 5.84 Å². The van der Waals surface area contributed by atoms with E-state index in [1.807, 2.05) is 6.92 Å². The third-order valence-electron chi connectivity index (χ3n) is 2.96. The molecule has 1 aromatic heterocycles. The number of hydrogen-bond acceptors (Lipinski definition) is 5. The van der Waals surface area contributed by atoms with Crippen LogP contribution in [0.1, 0.15) is 12.5 Å². The lowest BCUT2D eigenvalue weighted by molar-refractivity contribution is 0.478. The maximum atomic E-state index is 12.3. The minimum Gasteiger partial charge on any atom is -0.506 e. The third kappa shape index (κ3) is 2.60. The van der Waals surface area contributed by atoms with E-state index in [1.54, 1.807) is 30.3 Å². The number of fused-ring (bicyclic) bond motifs is 1. The Bertz CT molecular complexity index is 843. The zero-order valence-corrected chi connectivity index (χ0v) is 11.3. The van der Waals surface area contributed by atoms with Crippen molar-refractivity contribution in [3.05, 3.63) is 40.2 Å². The molecular formula is C14H13N5O2. The number of nitriles is 1. The molecule has 2 rings (SSSR count). The lowest BCUT2D eigenvalue weighted by Gasteiger charge is -2.11. The molecule has 1 heterocycles. The lowest BCUT2D eigenvalue weighted by atomic mass is 10.1. The quantitative estimate of drug-likeness (QED) is 0.495. The zero-order valence-electron chi connectivity index (χ0n) is 11.3. The summed E-state index contributed by atoms with van der Waals surface area (Å²) in [5.74, 6) is -0.503. The standard InChI is InChI=1S/C14H13N5O2/c1-2-19-11-6-4-3-5-9(11)13(20)10(14(19)21)8-17-18-12(16)7-15/h3-6,8,20H,2H2,1H3,(H2,16,18)/b17-8+. The molecule has 7 nitrogen and oxygen atoms in total. The van der Waals surface area contributed by atoms with Crippen molar-refractivity contribution in [2.75, 3.05) is 0 Å². The molecule has 0 amide bonds. The first kappa shape index (κ1) is 14.3. The Balaban J connectivity index is 2.70. The summed E-state index contributed by atoms with van der Waals surface area (Å²) in [7, 11) is 0. The number of aryl methyl sites for hydroxylation is 1. The van der Waals surface area contributed by atoms with Crippen molar-refractivity contribution in [2.45, 2.75) is 13.5 Å². The first-order valence-corrected chi connectivity index (χ1v) is 6.21. The fourth-order valence-corrected chi connectivity index (χ4v) is 2.01. The summed E-state index contributed by atoms with van der Waals surface area (Å²) in [4.78, 5) is 12.3. The van der Waals surface area contributed by atoms with Crippen LogP contribution in [0.3, 0.4) is 0 Å². The van der Waals surface area contributed by atoms with Gasteiger partial charge in [-0.2, -0.15) is 10.4 Å². The number of rotatable bonds is 3. The monoisotopic (exact) mass is 283 g/mol. The van der Waals surface area contributed by atoms with E-state index in [4.69, 9.17) is 11.0 Å². The molecule has 0 bridgehead atoms. The molecule has 0 aliphatic carbocycles. The summed E-state index contributed by atoms with van der Waals surface area (Å²) in [6.45, 7) is 2.28. The van der Waals surface area contributed by atoms with Gasteiger partial charge in [-0.25, -0.2) is 0 Å². The van der Waals surface area contributed by atoms with Crippen molar-refractivity contribution in [1.82, 2.24) is 4.57 Å². The van der Waals surface area contributed by atoms with Gasteiger partial charge in [0.05, 0.1) is 11.7 Å². The average Bonchev–Trinajstić information content (AvgIpc) is 2.51. The highest BCUT2D eigenvalue weighted by atomic mass is 16.3. The third-order valence-corrected chi connectivity index (χ3v) is 2.96. The molecule has 0 saturated heterocycles. The minimum absolute atomic E-state index is 0.00467. The van der Waals surface area contributed by atoms with Crippen molar-refractivity contribution in [3.63, 3.8) is 0 Å². The predicted molar refractivity (Wildman–Crippen MR) is 80.4 cm³/mol. The summed E-state index contributed by atoms with van der Waals surface area (Å²) in [5, 5.41) is 26.2. The van der Waals surface area contributed by atoms with Crippen LogP contribution in [0.25, 0.3) is 10.9 Å². The largest absolute Gasteiger partial charge is 0.506 e. The Morgan fingerprint density at radius 3 is 2.90 bits per heavy atom. The molecular weight excluding hydrogens is 270 g/mol. The Morgan fingerprint density at radius 1 is 1.52 bits per heavy atom. The maximum Gasteiger partial charge on any atom is 0.263 e. The van der Waals surface area contributed by atoms with E-state index in [0.29, 0.717) is 17.4 Å². The van der Waals surface area contributed by atoms with E-state index in [0.717, 1.165) is 6.21 Å². The van der Waals surface area contributed by atoms with Gasteiger partial charge < -0.3 is 15.4 Å². The number of nitrogens with zero attached hydrogens (tertiary/aromatic N) is 4. The Hall–Kier alpha value is -3.14. The second kappa shape index (κ2) is 5.88. The van der Waals surface area contributed by atoms with Crippen molar-refractivity contribution in [2.24, 2.45) is 15.9 Å². The van der Waals surface area contributed by atoms with Crippen LogP contribution >= 0.6 is 0 Å². The summed E-state index contributed by atoms with van der Waals surface area (Å²) in [6, 6.07) is 8.62. The lowest BCUT2D eigenvalue weighted by Crippen LogP contribution is -2.23.